The van der Waals surface area contributed by atoms with Crippen LogP contribution in [0.2, 0.25) is 0 Å². The molecule has 0 bridgehead atoms. The minimum atomic E-state index is -2.98. The van der Waals surface area contributed by atoms with Crippen LogP contribution in [0.4, 0.5) is 26.3 Å². The zero-order chi connectivity index (χ0) is 44.7. The highest BCUT2D eigenvalue weighted by atomic mass is 19.3. The standard InChI is InChI=1S/C22H21F3N2O4.C21H19F3N2O4/c1-4-26-20(28)10-15-12(2)27(18-11-17(23)19(30-3)9-16(15)18)21(29)13-5-7-14(8-6-13)31-22(24)25;1-11-14(9-19(27)25-2)15-8-18(29-3)16(22)10-17(15)26(11)20(28)12-4-6-13(7-5-12)30-21(23)24/h5-9,11,22H,4,10H2,1-3H3,(H,26,28);4-8,10,21H,9H2,1-3H3,(H,25,27). The van der Waals surface area contributed by atoms with E-state index in [1.54, 1.807) is 20.8 Å². The molecular weight excluding hydrogens is 814 g/mol. The second kappa shape index (κ2) is 19.4. The summed E-state index contributed by atoms with van der Waals surface area (Å²) >= 11 is 0. The van der Waals surface area contributed by atoms with E-state index in [-0.39, 0.29) is 69.8 Å². The van der Waals surface area contributed by atoms with Crippen molar-refractivity contribution in [2.24, 2.45) is 0 Å². The summed E-state index contributed by atoms with van der Waals surface area (Å²) in [4.78, 5) is 50.6. The fraction of sp³-hybridized carbons (Fsp3) is 0.256. The van der Waals surface area contributed by atoms with Crippen LogP contribution in [0, 0.1) is 25.5 Å². The second-order valence-corrected chi connectivity index (χ2v) is 13.2. The van der Waals surface area contributed by atoms with Gasteiger partial charge < -0.3 is 29.6 Å². The van der Waals surface area contributed by atoms with E-state index in [1.807, 2.05) is 0 Å². The van der Waals surface area contributed by atoms with Crippen molar-refractivity contribution in [3.05, 3.63) is 118 Å². The zero-order valence-electron chi connectivity index (χ0n) is 33.6. The molecule has 0 saturated carbocycles. The van der Waals surface area contributed by atoms with E-state index in [2.05, 4.69) is 20.1 Å². The number of fused-ring (bicyclic) bond motifs is 2. The Morgan fingerprint density at radius 1 is 0.623 bits per heavy atom. The van der Waals surface area contributed by atoms with Crippen molar-refractivity contribution in [2.75, 3.05) is 27.8 Å². The van der Waals surface area contributed by atoms with Gasteiger partial charge in [-0.25, -0.2) is 8.78 Å². The maximum atomic E-state index is 14.4. The first-order chi connectivity index (χ1) is 29.0. The number of benzene rings is 4. The molecule has 2 N–H and O–H groups in total. The smallest absolute Gasteiger partial charge is 0.387 e. The minimum absolute atomic E-state index is 0.00753. The number of carbonyl (C=O) groups excluding carboxylic acids is 4. The van der Waals surface area contributed by atoms with Crippen molar-refractivity contribution in [3.63, 3.8) is 0 Å². The van der Waals surface area contributed by atoms with Gasteiger partial charge in [0.1, 0.15) is 11.5 Å². The number of methoxy groups -OCH3 is 2. The fourth-order valence-electron chi connectivity index (χ4n) is 6.73. The Morgan fingerprint density at radius 3 is 1.33 bits per heavy atom. The molecule has 322 valence electrons. The number of hydrogen-bond acceptors (Lipinski definition) is 8. The Morgan fingerprint density at radius 2 is 1.00 bits per heavy atom. The first-order valence-corrected chi connectivity index (χ1v) is 18.4. The van der Waals surface area contributed by atoms with Crippen LogP contribution < -0.4 is 29.6 Å². The highest BCUT2D eigenvalue weighted by molar-refractivity contribution is 6.06. The van der Waals surface area contributed by atoms with E-state index < -0.39 is 36.7 Å². The Hall–Kier alpha value is -6.98. The van der Waals surface area contributed by atoms with Crippen molar-refractivity contribution in [1.82, 2.24) is 19.8 Å². The van der Waals surface area contributed by atoms with Gasteiger partial charge in [0.05, 0.1) is 38.1 Å². The average molecular weight is 855 g/mol. The molecule has 0 aliphatic heterocycles. The van der Waals surface area contributed by atoms with E-state index in [1.165, 1.54) is 103 Å². The number of alkyl halides is 4. The van der Waals surface area contributed by atoms with Crippen molar-refractivity contribution >= 4 is 45.4 Å². The largest absolute Gasteiger partial charge is 0.494 e. The number of carbonyl (C=O) groups is 4. The van der Waals surface area contributed by atoms with Crippen molar-refractivity contribution in [2.45, 2.75) is 46.8 Å². The van der Waals surface area contributed by atoms with Crippen molar-refractivity contribution in [1.29, 1.82) is 0 Å². The van der Waals surface area contributed by atoms with Gasteiger partial charge in [-0.3, -0.25) is 28.3 Å². The summed E-state index contributed by atoms with van der Waals surface area (Å²) in [6.45, 7) is -0.419. The van der Waals surface area contributed by atoms with Crippen molar-refractivity contribution in [3.8, 4) is 23.0 Å². The van der Waals surface area contributed by atoms with E-state index in [0.717, 1.165) is 0 Å². The summed E-state index contributed by atoms with van der Waals surface area (Å²) in [5.74, 6) is -3.06. The lowest BCUT2D eigenvalue weighted by atomic mass is 10.1. The average Bonchev–Trinajstić information content (AvgIpc) is 3.63. The Bertz CT molecular complexity index is 2590. The molecule has 4 aromatic carbocycles. The Balaban J connectivity index is 0.000000231. The molecule has 61 heavy (non-hydrogen) atoms. The number of halogens is 6. The molecule has 0 aliphatic carbocycles. The van der Waals surface area contributed by atoms with Gasteiger partial charge >= 0.3 is 13.2 Å². The first kappa shape index (κ1) is 45.1. The highest BCUT2D eigenvalue weighted by Gasteiger charge is 2.25. The second-order valence-electron chi connectivity index (χ2n) is 13.2. The van der Waals surface area contributed by atoms with E-state index in [9.17, 15) is 45.5 Å². The normalized spacial score (nSPS) is 11.0. The SMILES string of the molecule is CCNC(=O)Cc1c(C)n(C(=O)c2ccc(OC(F)F)cc2)c2cc(F)c(OC)cc12.CNC(=O)Cc1c(C)n(C(=O)c2ccc(OC(F)F)cc2)c2cc(F)c(OC)cc12. The molecule has 6 aromatic rings. The van der Waals surface area contributed by atoms with Crippen LogP contribution in [-0.2, 0) is 22.4 Å². The third-order valence-corrected chi connectivity index (χ3v) is 9.60. The monoisotopic (exact) mass is 854 g/mol. The number of aromatic nitrogens is 2. The molecule has 0 unspecified atom stereocenters. The predicted molar refractivity (Wildman–Crippen MR) is 212 cm³/mol. The van der Waals surface area contributed by atoms with Gasteiger partial charge in [0, 0.05) is 59.0 Å². The number of hydrogen-bond donors (Lipinski definition) is 2. The van der Waals surface area contributed by atoms with Gasteiger partial charge in [-0.15, -0.1) is 0 Å². The maximum Gasteiger partial charge on any atom is 0.387 e. The van der Waals surface area contributed by atoms with Gasteiger partial charge in [0.25, 0.3) is 11.8 Å². The molecule has 6 rings (SSSR count). The van der Waals surface area contributed by atoms with Gasteiger partial charge in [-0.05, 0) is 92.6 Å². The number of amides is 2. The third kappa shape index (κ3) is 9.91. The maximum absolute atomic E-state index is 14.4. The molecule has 18 heteroatoms. The van der Waals surface area contributed by atoms with Crippen LogP contribution in [0.25, 0.3) is 21.8 Å². The van der Waals surface area contributed by atoms with E-state index in [0.29, 0.717) is 39.8 Å². The molecular formula is C43H40F6N4O8. The molecule has 0 aliphatic rings. The molecule has 0 atom stereocenters. The van der Waals surface area contributed by atoms with Gasteiger partial charge in [-0.1, -0.05) is 0 Å². The molecule has 0 fully saturated rings. The Labute approximate surface area is 344 Å². The minimum Gasteiger partial charge on any atom is -0.494 e. The lowest BCUT2D eigenvalue weighted by Crippen LogP contribution is -2.24. The number of nitrogens with zero attached hydrogens (tertiary/aromatic N) is 2. The summed E-state index contributed by atoms with van der Waals surface area (Å²) in [6, 6.07) is 15.6. The van der Waals surface area contributed by atoms with E-state index >= 15 is 0 Å². The van der Waals surface area contributed by atoms with Crippen LogP contribution in [0.3, 0.4) is 0 Å². The van der Waals surface area contributed by atoms with Crippen molar-refractivity contribution < 1.29 is 64.5 Å². The van der Waals surface area contributed by atoms with Gasteiger partial charge in [0.15, 0.2) is 23.1 Å². The summed E-state index contributed by atoms with van der Waals surface area (Å²) in [6.07, 6.45) is -0.0263. The van der Waals surface area contributed by atoms with E-state index in [4.69, 9.17) is 9.47 Å². The molecule has 0 spiro atoms. The van der Waals surface area contributed by atoms with Crippen LogP contribution in [0.5, 0.6) is 23.0 Å². The van der Waals surface area contributed by atoms with Crippen LogP contribution in [0.15, 0.2) is 72.8 Å². The molecule has 12 nitrogen and oxygen atoms in total. The molecule has 2 heterocycles. The number of ether oxygens (including phenoxy) is 4. The Kier molecular flexibility index (Phi) is 14.3. The number of likely N-dealkylation sites (N-methyl/N-ethyl adjacent to an activating group) is 2. The molecule has 0 saturated heterocycles. The predicted octanol–water partition coefficient (Wildman–Crippen LogP) is 7.74. The molecule has 2 aromatic heterocycles. The lowest BCUT2D eigenvalue weighted by molar-refractivity contribution is -0.121. The van der Waals surface area contributed by atoms with Crippen LogP contribution in [-0.4, -0.2) is 73.8 Å². The van der Waals surface area contributed by atoms with Crippen LogP contribution >= 0.6 is 0 Å². The summed E-state index contributed by atoms with van der Waals surface area (Å²) in [7, 11) is 4.14. The summed E-state index contributed by atoms with van der Waals surface area (Å²) < 4.78 is 99.5. The summed E-state index contributed by atoms with van der Waals surface area (Å²) in [5.41, 5.74) is 2.93. The third-order valence-electron chi connectivity index (χ3n) is 9.60. The van der Waals surface area contributed by atoms with Crippen LogP contribution in [0.1, 0.15) is 50.2 Å². The number of rotatable bonds is 13. The topological polar surface area (TPSA) is 139 Å². The lowest BCUT2D eigenvalue weighted by Gasteiger charge is -2.09. The number of nitrogens with one attached hydrogen (secondary N) is 2. The highest BCUT2D eigenvalue weighted by Crippen LogP contribution is 2.34. The van der Waals surface area contributed by atoms with Gasteiger partial charge in [-0.2, -0.15) is 17.6 Å². The quantitative estimate of drug-likeness (QED) is 0.113. The molecule has 2 amide bonds. The summed E-state index contributed by atoms with van der Waals surface area (Å²) in [5, 5.41) is 6.24. The first-order valence-electron chi connectivity index (χ1n) is 18.4. The fourth-order valence-corrected chi connectivity index (χ4v) is 6.73. The molecule has 0 radical (unpaired) electrons. The zero-order valence-corrected chi connectivity index (χ0v) is 33.6. The van der Waals surface area contributed by atoms with Gasteiger partial charge in [0.2, 0.25) is 11.8 Å².